The lowest BCUT2D eigenvalue weighted by molar-refractivity contribution is -0.149. The second kappa shape index (κ2) is 14.6. The maximum absolute atomic E-state index is 12.5. The number of hydrogen-bond acceptors (Lipinski definition) is 8. The Balaban J connectivity index is 1.72. The summed E-state index contributed by atoms with van der Waals surface area (Å²) in [6.45, 7) is 7.32. The molecule has 1 fully saturated rings. The van der Waals surface area contributed by atoms with Gasteiger partial charge in [0.2, 0.25) is 6.41 Å². The molecule has 212 valence electrons. The number of benzene rings is 2. The molecule has 2 aromatic rings. The zero-order valence-electron chi connectivity index (χ0n) is 22.6. The van der Waals surface area contributed by atoms with Crippen LogP contribution in [0.5, 0.6) is 5.75 Å². The predicted octanol–water partition coefficient (Wildman–Crippen LogP) is 4.43. The number of hydrogen-bond donors (Lipinski definition) is 2. The molecular weight excluding hydrogens is 545 g/mol. The van der Waals surface area contributed by atoms with Gasteiger partial charge in [-0.15, -0.1) is 0 Å². The van der Waals surface area contributed by atoms with Crippen LogP contribution in [0.4, 0.5) is 0 Å². The molecule has 2 amide bonds. The number of amides is 2. The zero-order valence-corrected chi connectivity index (χ0v) is 24.3. The number of halogens is 1. The fraction of sp³-hybridized carbons (Fsp3) is 0.444. The monoisotopic (exact) mass is 579 g/mol. The topological polar surface area (TPSA) is 115 Å². The molecule has 12 heteroatoms. The summed E-state index contributed by atoms with van der Waals surface area (Å²) in [5.41, 5.74) is 0. The number of nitrogens with zero attached hydrogens (tertiary/aromatic N) is 1. The Morgan fingerprint density at radius 1 is 1.21 bits per heavy atom. The maximum Gasteiger partial charge on any atom is 0.323 e. The molecule has 10 nitrogen and oxygen atoms in total. The SMILES string of the molecule is CNC(=O)/C(Cl)=C\N(C=O)C1OC(COP(NC(C)C(=O)OC(C)C)Oc2cccc3ccccc23)CC1C. The second-order valence-electron chi connectivity index (χ2n) is 9.43. The minimum atomic E-state index is -1.80. The highest BCUT2D eigenvalue weighted by Crippen LogP contribution is 2.41. The highest BCUT2D eigenvalue weighted by atomic mass is 35.5. The molecule has 2 N–H and O–H groups in total. The molecule has 5 atom stereocenters. The zero-order chi connectivity index (χ0) is 28.5. The molecule has 0 saturated carbocycles. The molecule has 2 aromatic carbocycles. The van der Waals surface area contributed by atoms with Crippen molar-refractivity contribution < 1.29 is 32.9 Å². The number of carbonyl (C=O) groups is 3. The van der Waals surface area contributed by atoms with Gasteiger partial charge >= 0.3 is 14.5 Å². The smallest absolute Gasteiger partial charge is 0.323 e. The first-order valence-corrected chi connectivity index (χ1v) is 14.2. The second-order valence-corrected chi connectivity index (χ2v) is 11.0. The number of carbonyl (C=O) groups excluding carboxylic acids is 3. The van der Waals surface area contributed by atoms with Crippen molar-refractivity contribution in [2.75, 3.05) is 13.7 Å². The van der Waals surface area contributed by atoms with Crippen molar-refractivity contribution in [2.24, 2.45) is 5.92 Å². The van der Waals surface area contributed by atoms with Crippen molar-refractivity contribution in [3.05, 3.63) is 53.7 Å². The molecule has 0 spiro atoms. The van der Waals surface area contributed by atoms with E-state index in [0.29, 0.717) is 18.6 Å². The van der Waals surface area contributed by atoms with Crippen LogP contribution < -0.4 is 14.9 Å². The number of rotatable bonds is 13. The van der Waals surface area contributed by atoms with Gasteiger partial charge in [-0.2, -0.15) is 0 Å². The van der Waals surface area contributed by atoms with Gasteiger partial charge in [0.1, 0.15) is 23.1 Å². The number of fused-ring (bicyclic) bond motifs is 1. The van der Waals surface area contributed by atoms with Crippen molar-refractivity contribution >= 4 is 49.2 Å². The van der Waals surface area contributed by atoms with E-state index in [1.807, 2.05) is 49.4 Å². The fourth-order valence-electron chi connectivity index (χ4n) is 4.01. The molecule has 3 rings (SSSR count). The minimum Gasteiger partial charge on any atom is -0.462 e. The average molecular weight is 580 g/mol. The molecule has 1 aliphatic rings. The molecule has 0 radical (unpaired) electrons. The first-order chi connectivity index (χ1) is 18.6. The standard InChI is InChI=1S/C27H35ClN3O7P/c1-17(2)36-27(34)19(4)30-39(38-24-12-8-10-20-9-6-7-11-22(20)24)35-15-21-13-18(3)26(37-21)31(16-32)14-23(28)25(33)29-5/h6-12,14,16-19,21,26,30H,13,15H2,1-5H3,(H,29,33)/b23-14+. The van der Waals surface area contributed by atoms with Gasteiger partial charge in [0.25, 0.3) is 5.91 Å². The largest absolute Gasteiger partial charge is 0.462 e. The molecule has 0 bridgehead atoms. The Hall–Kier alpha value is -2.75. The Bertz CT molecular complexity index is 1180. The minimum absolute atomic E-state index is 0.0627. The summed E-state index contributed by atoms with van der Waals surface area (Å²) >= 11 is 6.00. The molecule has 5 unspecified atom stereocenters. The van der Waals surface area contributed by atoms with Crippen LogP contribution in [0.1, 0.15) is 34.1 Å². The predicted molar refractivity (Wildman–Crippen MR) is 150 cm³/mol. The van der Waals surface area contributed by atoms with Gasteiger partial charge in [-0.25, -0.2) is 5.09 Å². The number of esters is 1. The van der Waals surface area contributed by atoms with Gasteiger partial charge < -0.3 is 23.8 Å². The molecule has 1 saturated heterocycles. The van der Waals surface area contributed by atoms with Crippen LogP contribution in [-0.2, 0) is 28.4 Å². The summed E-state index contributed by atoms with van der Waals surface area (Å²) < 4.78 is 23.8. The molecule has 1 aliphatic heterocycles. The van der Waals surface area contributed by atoms with Crippen LogP contribution in [0.3, 0.4) is 0 Å². The van der Waals surface area contributed by atoms with E-state index in [4.69, 9.17) is 30.1 Å². The van der Waals surface area contributed by atoms with Gasteiger partial charge in [-0.05, 0) is 38.6 Å². The lowest BCUT2D eigenvalue weighted by Gasteiger charge is -2.25. The summed E-state index contributed by atoms with van der Waals surface area (Å²) in [5.74, 6) is -0.389. The van der Waals surface area contributed by atoms with Crippen molar-refractivity contribution in [1.82, 2.24) is 15.3 Å². The number of likely N-dealkylation sites (N-methyl/N-ethyl adjacent to an activating group) is 1. The van der Waals surface area contributed by atoms with Crippen LogP contribution in [0.15, 0.2) is 53.7 Å². The molecule has 1 heterocycles. The van der Waals surface area contributed by atoms with Gasteiger partial charge in [0, 0.05) is 24.6 Å². The van der Waals surface area contributed by atoms with E-state index in [1.54, 1.807) is 20.8 Å². The van der Waals surface area contributed by atoms with E-state index in [0.717, 1.165) is 10.8 Å². The quantitative estimate of drug-likeness (QED) is 0.155. The highest BCUT2D eigenvalue weighted by molar-refractivity contribution is 7.45. The average Bonchev–Trinajstić information content (AvgIpc) is 3.29. The summed E-state index contributed by atoms with van der Waals surface area (Å²) in [5, 5.41) is 7.29. The molecular formula is C27H35ClN3O7P. The Morgan fingerprint density at radius 3 is 2.62 bits per heavy atom. The molecule has 0 aromatic heterocycles. The van der Waals surface area contributed by atoms with Crippen molar-refractivity contribution in [3.63, 3.8) is 0 Å². The number of nitrogens with one attached hydrogen (secondary N) is 2. The van der Waals surface area contributed by atoms with Crippen LogP contribution >= 0.6 is 20.1 Å². The van der Waals surface area contributed by atoms with Crippen LogP contribution in [0.2, 0.25) is 0 Å². The first kappa shape index (κ1) is 30.8. The van der Waals surface area contributed by atoms with E-state index in [-0.39, 0.29) is 29.8 Å². The van der Waals surface area contributed by atoms with Crippen LogP contribution in [0, 0.1) is 5.92 Å². The van der Waals surface area contributed by atoms with Gasteiger partial charge in [-0.1, -0.05) is 54.9 Å². The Labute approximate surface area is 234 Å². The van der Waals surface area contributed by atoms with Gasteiger partial charge in [0.05, 0.1) is 18.8 Å². The van der Waals surface area contributed by atoms with E-state index in [1.165, 1.54) is 18.1 Å². The van der Waals surface area contributed by atoms with E-state index in [2.05, 4.69) is 10.4 Å². The van der Waals surface area contributed by atoms with E-state index in [9.17, 15) is 14.4 Å². The third-order valence-electron chi connectivity index (χ3n) is 5.89. The van der Waals surface area contributed by atoms with Crippen molar-refractivity contribution in [1.29, 1.82) is 0 Å². The fourth-order valence-corrected chi connectivity index (χ4v) is 5.46. The van der Waals surface area contributed by atoms with Crippen LogP contribution in [-0.4, -0.2) is 61.3 Å². The summed E-state index contributed by atoms with van der Waals surface area (Å²) in [4.78, 5) is 37.2. The Morgan fingerprint density at radius 2 is 1.92 bits per heavy atom. The van der Waals surface area contributed by atoms with Crippen molar-refractivity contribution in [2.45, 2.75) is 58.6 Å². The third-order valence-corrected chi connectivity index (χ3v) is 7.50. The van der Waals surface area contributed by atoms with Crippen molar-refractivity contribution in [3.8, 4) is 5.75 Å². The van der Waals surface area contributed by atoms with E-state index >= 15 is 0 Å². The maximum atomic E-state index is 12.5. The summed E-state index contributed by atoms with van der Waals surface area (Å²) in [7, 11) is -0.349. The summed E-state index contributed by atoms with van der Waals surface area (Å²) in [6.07, 6.45) is 1.13. The highest BCUT2D eigenvalue weighted by Gasteiger charge is 2.37. The third kappa shape index (κ3) is 8.62. The number of ether oxygens (including phenoxy) is 2. The lowest BCUT2D eigenvalue weighted by Crippen LogP contribution is -2.36. The van der Waals surface area contributed by atoms with E-state index < -0.39 is 32.7 Å². The van der Waals surface area contributed by atoms with Gasteiger partial charge in [-0.3, -0.25) is 19.3 Å². The normalized spacial score (nSPS) is 20.9. The van der Waals surface area contributed by atoms with Gasteiger partial charge in [0.15, 0.2) is 0 Å². The molecule has 39 heavy (non-hydrogen) atoms. The summed E-state index contributed by atoms with van der Waals surface area (Å²) in [6, 6.07) is 12.8. The van der Waals surface area contributed by atoms with Crippen LogP contribution in [0.25, 0.3) is 10.8 Å². The lowest BCUT2D eigenvalue weighted by atomic mass is 10.1. The molecule has 0 aliphatic carbocycles. The first-order valence-electron chi connectivity index (χ1n) is 12.7. The Kier molecular flexibility index (Phi) is 11.5.